The topological polar surface area (TPSA) is 63.4 Å². The Morgan fingerprint density at radius 1 is 1.60 bits per heavy atom. The van der Waals surface area contributed by atoms with Crippen molar-refractivity contribution in [2.45, 2.75) is 0 Å². The summed E-state index contributed by atoms with van der Waals surface area (Å²) in [5, 5.41) is 0. The number of aliphatic imine (C=N–C) groups is 3. The van der Waals surface area contributed by atoms with Crippen molar-refractivity contribution in [1.82, 2.24) is 0 Å². The van der Waals surface area contributed by atoms with Crippen LogP contribution in [0.3, 0.4) is 0 Å². The summed E-state index contributed by atoms with van der Waals surface area (Å²) in [5.41, 5.74) is 0.238. The molecule has 0 unspecified atom stereocenters. The Kier molecular flexibility index (Phi) is 0.913. The van der Waals surface area contributed by atoms with Crippen LogP contribution in [0.15, 0.2) is 15.0 Å². The molecule has 2 aliphatic heterocycles. The van der Waals surface area contributed by atoms with E-state index in [1.165, 1.54) is 6.34 Å². The SMILES string of the molecule is O=C1N=CN=C2OCN=C12. The number of fused-ring (bicyclic) bond motifs is 1. The molecule has 0 aromatic rings. The normalized spacial score (nSPS) is 21.4. The van der Waals surface area contributed by atoms with E-state index < -0.39 is 0 Å². The zero-order valence-corrected chi connectivity index (χ0v) is 4.94. The molecule has 0 fully saturated rings. The monoisotopic (exact) mass is 137 g/mol. The van der Waals surface area contributed by atoms with E-state index in [4.69, 9.17) is 4.74 Å². The van der Waals surface area contributed by atoms with Gasteiger partial charge < -0.3 is 4.74 Å². The van der Waals surface area contributed by atoms with Crippen LogP contribution in [0, 0.1) is 0 Å². The summed E-state index contributed by atoms with van der Waals surface area (Å²) in [6.45, 7) is 0.184. The lowest BCUT2D eigenvalue weighted by Crippen LogP contribution is -2.23. The highest BCUT2D eigenvalue weighted by molar-refractivity contribution is 6.67. The third kappa shape index (κ3) is 0.570. The lowest BCUT2D eigenvalue weighted by atomic mass is 10.3. The summed E-state index contributed by atoms with van der Waals surface area (Å²) in [5.74, 6) is -0.0810. The van der Waals surface area contributed by atoms with Crippen LogP contribution in [-0.2, 0) is 9.53 Å². The van der Waals surface area contributed by atoms with Gasteiger partial charge >= 0.3 is 5.91 Å². The number of hydrogen-bond acceptors (Lipinski definition) is 4. The lowest BCUT2D eigenvalue weighted by molar-refractivity contribution is -0.111. The average molecular weight is 137 g/mol. The molecular formula is C5H3N3O2. The van der Waals surface area contributed by atoms with Gasteiger partial charge in [0.15, 0.2) is 12.4 Å². The number of hydrogen-bond donors (Lipinski definition) is 0. The molecule has 0 atom stereocenters. The number of rotatable bonds is 0. The van der Waals surface area contributed by atoms with E-state index in [1.54, 1.807) is 0 Å². The van der Waals surface area contributed by atoms with Crippen molar-refractivity contribution in [3.8, 4) is 0 Å². The van der Waals surface area contributed by atoms with E-state index in [0.29, 0.717) is 5.90 Å². The number of amides is 1. The zero-order valence-electron chi connectivity index (χ0n) is 4.94. The second-order valence-electron chi connectivity index (χ2n) is 1.76. The Labute approximate surface area is 56.1 Å². The lowest BCUT2D eigenvalue weighted by Gasteiger charge is -1.98. The van der Waals surface area contributed by atoms with Crippen LogP contribution in [0.4, 0.5) is 0 Å². The van der Waals surface area contributed by atoms with Crippen LogP contribution in [0.25, 0.3) is 0 Å². The van der Waals surface area contributed by atoms with Crippen molar-refractivity contribution in [2.75, 3.05) is 6.73 Å². The maximum Gasteiger partial charge on any atom is 0.302 e. The van der Waals surface area contributed by atoms with Gasteiger partial charge in [0.2, 0.25) is 5.90 Å². The second kappa shape index (κ2) is 1.73. The molecule has 1 amide bonds. The minimum absolute atomic E-state index is 0.184. The summed E-state index contributed by atoms with van der Waals surface area (Å²) < 4.78 is 4.86. The molecule has 0 saturated heterocycles. The van der Waals surface area contributed by atoms with Crippen molar-refractivity contribution in [3.63, 3.8) is 0 Å². The number of nitrogens with zero attached hydrogens (tertiary/aromatic N) is 3. The van der Waals surface area contributed by atoms with Gasteiger partial charge in [0.25, 0.3) is 0 Å². The van der Waals surface area contributed by atoms with Gasteiger partial charge in [0, 0.05) is 0 Å². The molecule has 2 rings (SSSR count). The summed E-state index contributed by atoms with van der Waals surface area (Å²) in [6.07, 6.45) is 1.17. The van der Waals surface area contributed by atoms with Crippen LogP contribution in [0.5, 0.6) is 0 Å². The van der Waals surface area contributed by atoms with E-state index >= 15 is 0 Å². The first-order valence-corrected chi connectivity index (χ1v) is 2.70. The minimum Gasteiger partial charge on any atom is -0.453 e. The summed E-state index contributed by atoms with van der Waals surface area (Å²) >= 11 is 0. The highest BCUT2D eigenvalue weighted by Gasteiger charge is 2.25. The van der Waals surface area contributed by atoms with Gasteiger partial charge in [0.1, 0.15) is 6.34 Å². The van der Waals surface area contributed by atoms with E-state index in [1.807, 2.05) is 0 Å². The Bertz CT molecular complexity index is 277. The molecule has 2 aliphatic rings. The molecule has 50 valence electrons. The maximum atomic E-state index is 10.8. The smallest absolute Gasteiger partial charge is 0.302 e. The Balaban J connectivity index is 2.48. The van der Waals surface area contributed by atoms with Gasteiger partial charge in [-0.3, -0.25) is 4.79 Å². The fourth-order valence-electron chi connectivity index (χ4n) is 0.746. The molecular weight excluding hydrogens is 134 g/mol. The quantitative estimate of drug-likeness (QED) is 0.446. The second-order valence-corrected chi connectivity index (χ2v) is 1.76. The maximum absolute atomic E-state index is 10.8. The average Bonchev–Trinajstić information content (AvgIpc) is 2.36. The largest absolute Gasteiger partial charge is 0.453 e. The zero-order chi connectivity index (χ0) is 6.97. The van der Waals surface area contributed by atoms with Gasteiger partial charge in [-0.1, -0.05) is 0 Å². The fourth-order valence-corrected chi connectivity index (χ4v) is 0.746. The third-order valence-electron chi connectivity index (χ3n) is 1.18. The summed E-state index contributed by atoms with van der Waals surface area (Å²) in [7, 11) is 0. The van der Waals surface area contributed by atoms with E-state index in [9.17, 15) is 4.79 Å². The highest BCUT2D eigenvalue weighted by atomic mass is 16.5. The van der Waals surface area contributed by atoms with Crippen molar-refractivity contribution >= 4 is 23.9 Å². The van der Waals surface area contributed by atoms with E-state index in [-0.39, 0.29) is 18.3 Å². The molecule has 0 aromatic carbocycles. The first-order chi connectivity index (χ1) is 4.88. The standard InChI is InChI=1S/C5H3N3O2/c9-4-3-5(7-1-6-4)10-2-8-3/h1H,2H2. The first kappa shape index (κ1) is 5.28. The van der Waals surface area contributed by atoms with Crippen LogP contribution >= 0.6 is 0 Å². The van der Waals surface area contributed by atoms with Gasteiger partial charge in [-0.2, -0.15) is 9.98 Å². The Morgan fingerprint density at radius 3 is 3.30 bits per heavy atom. The molecule has 0 spiro atoms. The molecule has 10 heavy (non-hydrogen) atoms. The fraction of sp³-hybridized carbons (Fsp3) is 0.200. The molecule has 2 heterocycles. The Hall–Kier alpha value is -1.52. The number of carbonyl (C=O) groups excluding carboxylic acids is 1. The van der Waals surface area contributed by atoms with Gasteiger partial charge in [-0.05, 0) is 0 Å². The van der Waals surface area contributed by atoms with Gasteiger partial charge in [-0.15, -0.1) is 0 Å². The molecule has 5 nitrogen and oxygen atoms in total. The summed E-state index contributed by atoms with van der Waals surface area (Å²) in [4.78, 5) is 21.6. The van der Waals surface area contributed by atoms with Gasteiger partial charge in [0.05, 0.1) is 0 Å². The number of carbonyl (C=O) groups is 1. The highest BCUT2D eigenvalue weighted by Crippen LogP contribution is 2.03. The van der Waals surface area contributed by atoms with Crippen LogP contribution in [0.2, 0.25) is 0 Å². The predicted octanol–water partition coefficient (Wildman–Crippen LogP) is -0.618. The number of ether oxygens (including phenoxy) is 1. The molecule has 0 N–H and O–H groups in total. The van der Waals surface area contributed by atoms with Crippen molar-refractivity contribution in [3.05, 3.63) is 0 Å². The molecule has 0 aromatic heterocycles. The van der Waals surface area contributed by atoms with Crippen molar-refractivity contribution in [1.29, 1.82) is 0 Å². The van der Waals surface area contributed by atoms with Crippen LogP contribution in [0.1, 0.15) is 0 Å². The van der Waals surface area contributed by atoms with Crippen molar-refractivity contribution < 1.29 is 9.53 Å². The van der Waals surface area contributed by atoms with E-state index in [0.717, 1.165) is 0 Å². The molecule has 0 bridgehead atoms. The van der Waals surface area contributed by atoms with Crippen LogP contribution < -0.4 is 0 Å². The minimum atomic E-state index is -0.373. The Morgan fingerprint density at radius 2 is 2.50 bits per heavy atom. The first-order valence-electron chi connectivity index (χ1n) is 2.70. The van der Waals surface area contributed by atoms with Crippen molar-refractivity contribution in [2.24, 2.45) is 15.0 Å². The summed E-state index contributed by atoms with van der Waals surface area (Å²) in [6, 6.07) is 0. The van der Waals surface area contributed by atoms with Crippen LogP contribution in [-0.4, -0.2) is 30.6 Å². The molecule has 0 radical (unpaired) electrons. The van der Waals surface area contributed by atoms with Gasteiger partial charge in [-0.25, -0.2) is 4.99 Å². The van der Waals surface area contributed by atoms with E-state index in [2.05, 4.69) is 15.0 Å². The molecule has 0 saturated carbocycles. The third-order valence-corrected chi connectivity index (χ3v) is 1.18. The predicted molar refractivity (Wildman–Crippen MR) is 34.3 cm³/mol. The molecule has 0 aliphatic carbocycles. The molecule has 5 heteroatoms.